The van der Waals surface area contributed by atoms with Crippen LogP contribution in [0.1, 0.15) is 0 Å². The number of aromatic nitrogens is 3. The molecule has 0 bridgehead atoms. The number of fused-ring (bicyclic) bond motifs is 6. The SMILES string of the molecule is c1cc(-c2ccc(-n3c4ccncc4c4cnccc43)cc2)cc(-c2ccc3oc4ccccc4c3c2)c1. The van der Waals surface area contributed by atoms with E-state index in [9.17, 15) is 0 Å². The first kappa shape index (κ1) is 20.9. The minimum absolute atomic E-state index is 0.915. The number of hydrogen-bond acceptors (Lipinski definition) is 3. The molecular formula is C34H21N3O. The molecule has 0 spiro atoms. The topological polar surface area (TPSA) is 43.9 Å². The first-order valence-corrected chi connectivity index (χ1v) is 12.6. The van der Waals surface area contributed by atoms with E-state index < -0.39 is 0 Å². The zero-order valence-corrected chi connectivity index (χ0v) is 20.4. The van der Waals surface area contributed by atoms with Gasteiger partial charge in [-0.25, -0.2) is 0 Å². The Kier molecular flexibility index (Phi) is 4.49. The maximum Gasteiger partial charge on any atom is 0.135 e. The van der Waals surface area contributed by atoms with Gasteiger partial charge in [-0.2, -0.15) is 0 Å². The Bertz CT molecular complexity index is 2080. The minimum atomic E-state index is 0.915. The Morgan fingerprint density at radius 3 is 1.87 bits per heavy atom. The van der Waals surface area contributed by atoms with Gasteiger partial charge in [0, 0.05) is 52.0 Å². The minimum Gasteiger partial charge on any atom is -0.456 e. The second-order valence-electron chi connectivity index (χ2n) is 9.56. The molecule has 0 N–H and O–H groups in total. The number of furan rings is 1. The van der Waals surface area contributed by atoms with Gasteiger partial charge < -0.3 is 8.98 Å². The Hall–Kier alpha value is -5.22. The number of benzene rings is 4. The molecule has 0 atom stereocenters. The Morgan fingerprint density at radius 1 is 0.474 bits per heavy atom. The monoisotopic (exact) mass is 487 g/mol. The van der Waals surface area contributed by atoms with E-state index >= 15 is 0 Å². The van der Waals surface area contributed by atoms with Crippen LogP contribution in [0.15, 0.2) is 132 Å². The molecular weight excluding hydrogens is 466 g/mol. The first-order chi connectivity index (χ1) is 18.8. The average molecular weight is 488 g/mol. The molecule has 0 fully saturated rings. The highest BCUT2D eigenvalue weighted by atomic mass is 16.3. The van der Waals surface area contributed by atoms with Gasteiger partial charge in [0.25, 0.3) is 0 Å². The van der Waals surface area contributed by atoms with Crippen molar-refractivity contribution in [2.24, 2.45) is 0 Å². The summed E-state index contributed by atoms with van der Waals surface area (Å²) in [5.41, 5.74) is 9.91. The van der Waals surface area contributed by atoms with Crippen LogP contribution >= 0.6 is 0 Å². The van der Waals surface area contributed by atoms with Crippen molar-refractivity contribution >= 4 is 43.7 Å². The van der Waals surface area contributed by atoms with E-state index in [-0.39, 0.29) is 0 Å². The molecule has 4 nitrogen and oxygen atoms in total. The van der Waals surface area contributed by atoms with Crippen LogP contribution in [-0.2, 0) is 0 Å². The normalized spacial score (nSPS) is 11.7. The number of nitrogens with zero attached hydrogens (tertiary/aromatic N) is 3. The van der Waals surface area contributed by atoms with Gasteiger partial charge in [-0.1, -0.05) is 54.6 Å². The molecule has 0 radical (unpaired) electrons. The van der Waals surface area contributed by atoms with E-state index in [2.05, 4.69) is 106 Å². The van der Waals surface area contributed by atoms with E-state index in [1.807, 2.05) is 36.9 Å². The molecule has 4 aromatic carbocycles. The van der Waals surface area contributed by atoms with Crippen molar-refractivity contribution in [2.75, 3.05) is 0 Å². The summed E-state index contributed by atoms with van der Waals surface area (Å²) in [7, 11) is 0. The zero-order chi connectivity index (χ0) is 25.1. The fourth-order valence-corrected chi connectivity index (χ4v) is 5.57. The third-order valence-electron chi connectivity index (χ3n) is 7.40. The standard InChI is InChI=1S/C34H21N3O/c1-2-7-33-27(6-1)28-19-25(10-13-34(28)38-33)24-5-3-4-23(18-24)22-8-11-26(12-9-22)37-31-14-16-35-20-29(31)30-21-36-17-15-32(30)37/h1-21H. The van der Waals surface area contributed by atoms with Gasteiger partial charge in [-0.15, -0.1) is 0 Å². The second kappa shape index (κ2) is 8.15. The van der Waals surface area contributed by atoms with Gasteiger partial charge >= 0.3 is 0 Å². The molecule has 8 aromatic rings. The maximum absolute atomic E-state index is 6.02. The Morgan fingerprint density at radius 2 is 1.11 bits per heavy atom. The van der Waals surface area contributed by atoms with Crippen molar-refractivity contribution in [2.45, 2.75) is 0 Å². The summed E-state index contributed by atoms with van der Waals surface area (Å²) in [5.74, 6) is 0. The smallest absolute Gasteiger partial charge is 0.135 e. The van der Waals surface area contributed by atoms with E-state index in [1.165, 1.54) is 22.3 Å². The molecule has 38 heavy (non-hydrogen) atoms. The zero-order valence-electron chi connectivity index (χ0n) is 20.4. The third kappa shape index (κ3) is 3.17. The molecule has 0 aliphatic heterocycles. The molecule has 4 heterocycles. The fraction of sp³-hybridized carbons (Fsp3) is 0. The number of hydrogen-bond donors (Lipinski definition) is 0. The summed E-state index contributed by atoms with van der Waals surface area (Å²) in [5, 5.41) is 4.50. The van der Waals surface area contributed by atoms with Crippen molar-refractivity contribution in [3.8, 4) is 27.9 Å². The number of pyridine rings is 2. The van der Waals surface area contributed by atoms with Crippen LogP contribution in [0.5, 0.6) is 0 Å². The van der Waals surface area contributed by atoms with Crippen LogP contribution < -0.4 is 0 Å². The van der Waals surface area contributed by atoms with Crippen molar-refractivity contribution in [3.05, 3.63) is 128 Å². The lowest BCUT2D eigenvalue weighted by molar-refractivity contribution is 0.669. The summed E-state index contributed by atoms with van der Waals surface area (Å²) >= 11 is 0. The van der Waals surface area contributed by atoms with Crippen molar-refractivity contribution in [1.82, 2.24) is 14.5 Å². The molecule has 0 amide bonds. The molecule has 0 aliphatic rings. The molecule has 0 unspecified atom stereocenters. The summed E-state index contributed by atoms with van der Waals surface area (Å²) in [4.78, 5) is 8.68. The van der Waals surface area contributed by atoms with Crippen molar-refractivity contribution in [3.63, 3.8) is 0 Å². The lowest BCUT2D eigenvalue weighted by atomic mass is 9.98. The highest BCUT2D eigenvalue weighted by Crippen LogP contribution is 2.35. The van der Waals surface area contributed by atoms with Crippen LogP contribution in [0.2, 0.25) is 0 Å². The molecule has 8 rings (SSSR count). The van der Waals surface area contributed by atoms with Crippen molar-refractivity contribution < 1.29 is 4.42 Å². The van der Waals surface area contributed by atoms with E-state index in [0.29, 0.717) is 0 Å². The summed E-state index contributed by atoms with van der Waals surface area (Å²) in [6, 6.07) is 36.3. The lowest BCUT2D eigenvalue weighted by Crippen LogP contribution is -1.94. The van der Waals surface area contributed by atoms with Gasteiger partial charge in [0.2, 0.25) is 0 Å². The molecule has 0 saturated carbocycles. The van der Waals surface area contributed by atoms with Gasteiger partial charge in [0.15, 0.2) is 0 Å². The van der Waals surface area contributed by atoms with E-state index in [4.69, 9.17) is 4.42 Å². The molecule has 4 heteroatoms. The quantitative estimate of drug-likeness (QED) is 0.250. The van der Waals surface area contributed by atoms with Gasteiger partial charge in [0.1, 0.15) is 11.2 Å². The summed E-state index contributed by atoms with van der Waals surface area (Å²) in [6.45, 7) is 0. The summed E-state index contributed by atoms with van der Waals surface area (Å²) in [6.07, 6.45) is 7.52. The number of rotatable bonds is 3. The second-order valence-corrected chi connectivity index (χ2v) is 9.56. The average Bonchev–Trinajstić information content (AvgIpc) is 3.53. The van der Waals surface area contributed by atoms with Crippen molar-refractivity contribution in [1.29, 1.82) is 0 Å². The maximum atomic E-state index is 6.02. The highest BCUT2D eigenvalue weighted by molar-refractivity contribution is 6.08. The molecule has 0 aliphatic carbocycles. The summed E-state index contributed by atoms with van der Waals surface area (Å²) < 4.78 is 8.30. The largest absolute Gasteiger partial charge is 0.456 e. The number of para-hydroxylation sites is 1. The van der Waals surface area contributed by atoms with E-state index in [1.54, 1.807) is 0 Å². The van der Waals surface area contributed by atoms with Crippen LogP contribution in [-0.4, -0.2) is 14.5 Å². The first-order valence-electron chi connectivity index (χ1n) is 12.6. The highest BCUT2D eigenvalue weighted by Gasteiger charge is 2.13. The van der Waals surface area contributed by atoms with Crippen LogP contribution in [0.25, 0.3) is 71.7 Å². The fourth-order valence-electron chi connectivity index (χ4n) is 5.57. The molecule has 4 aromatic heterocycles. The predicted octanol–water partition coefficient (Wildman–Crippen LogP) is 8.81. The Labute approximate surface area is 218 Å². The van der Waals surface area contributed by atoms with Crippen LogP contribution in [0, 0.1) is 0 Å². The molecule has 178 valence electrons. The Balaban J connectivity index is 1.20. The van der Waals surface area contributed by atoms with Gasteiger partial charge in [-0.05, 0) is 70.8 Å². The lowest BCUT2D eigenvalue weighted by Gasteiger charge is -2.10. The van der Waals surface area contributed by atoms with Crippen LogP contribution in [0.3, 0.4) is 0 Å². The molecule has 0 saturated heterocycles. The van der Waals surface area contributed by atoms with E-state index in [0.717, 1.165) is 49.4 Å². The van der Waals surface area contributed by atoms with Gasteiger partial charge in [-0.3, -0.25) is 9.97 Å². The third-order valence-corrected chi connectivity index (χ3v) is 7.40. The van der Waals surface area contributed by atoms with Gasteiger partial charge in [0.05, 0.1) is 11.0 Å². The predicted molar refractivity (Wildman–Crippen MR) is 155 cm³/mol. The van der Waals surface area contributed by atoms with Crippen LogP contribution in [0.4, 0.5) is 0 Å².